The van der Waals surface area contributed by atoms with Crippen molar-refractivity contribution in [1.82, 2.24) is 9.88 Å². The van der Waals surface area contributed by atoms with Gasteiger partial charge in [0.25, 0.3) is 17.4 Å². The summed E-state index contributed by atoms with van der Waals surface area (Å²) in [4.78, 5) is 36.1. The van der Waals surface area contributed by atoms with Gasteiger partial charge in [-0.15, -0.1) is 0 Å². The molecule has 24 heavy (non-hydrogen) atoms. The first-order valence-electron chi connectivity index (χ1n) is 6.41. The number of imide groups is 1. The maximum atomic E-state index is 12.5. The lowest BCUT2D eigenvalue weighted by atomic mass is 10.1. The van der Waals surface area contributed by atoms with Gasteiger partial charge in [0.2, 0.25) is 0 Å². The van der Waals surface area contributed by atoms with Gasteiger partial charge in [-0.3, -0.25) is 24.3 Å². The van der Waals surface area contributed by atoms with Crippen LogP contribution in [0.5, 0.6) is 5.75 Å². The van der Waals surface area contributed by atoms with Crippen LogP contribution < -0.4 is 21.3 Å². The number of methoxy groups -OCH3 is 1. The molecule has 0 aliphatic carbocycles. The molecule has 0 bridgehead atoms. The highest BCUT2D eigenvalue weighted by atomic mass is 79.9. The van der Waals surface area contributed by atoms with Crippen LogP contribution in [-0.2, 0) is 0 Å². The molecule has 0 fully saturated rings. The molecule has 3 rings (SSSR count). The Morgan fingerprint density at radius 3 is 2.50 bits per heavy atom. The van der Waals surface area contributed by atoms with Gasteiger partial charge in [0.15, 0.2) is 0 Å². The zero-order valence-corrected chi connectivity index (χ0v) is 15.9. The van der Waals surface area contributed by atoms with Crippen LogP contribution in [0.4, 0.5) is 5.82 Å². The lowest BCUT2D eigenvalue weighted by Crippen LogP contribution is -2.24. The third kappa shape index (κ3) is 2.35. The van der Waals surface area contributed by atoms with Crippen LogP contribution in [0.3, 0.4) is 0 Å². The number of ether oxygens (including phenoxy) is 1. The first-order chi connectivity index (χ1) is 11.3. The minimum Gasteiger partial charge on any atom is -0.494 e. The molecule has 7 nitrogen and oxygen atoms in total. The molecule has 0 radical (unpaired) electrons. The number of fused-ring (bicyclic) bond motifs is 1. The maximum Gasteiger partial charge on any atom is 0.262 e. The second-order valence-electron chi connectivity index (χ2n) is 4.81. The molecular weight excluding hydrogens is 469 g/mol. The van der Waals surface area contributed by atoms with Gasteiger partial charge >= 0.3 is 0 Å². The fraction of sp³-hybridized carbons (Fsp3) is 0.0714. The zero-order chi connectivity index (χ0) is 17.8. The summed E-state index contributed by atoms with van der Waals surface area (Å²) in [6.07, 6.45) is 0. The van der Waals surface area contributed by atoms with Crippen LogP contribution in [0, 0.1) is 0 Å². The Morgan fingerprint density at radius 1 is 1.21 bits per heavy atom. The molecule has 1 aliphatic heterocycles. The van der Waals surface area contributed by atoms with Crippen molar-refractivity contribution in [2.45, 2.75) is 0 Å². The Morgan fingerprint density at radius 2 is 1.88 bits per heavy atom. The van der Waals surface area contributed by atoms with E-state index in [-0.39, 0.29) is 27.7 Å². The average molecular weight is 477 g/mol. The van der Waals surface area contributed by atoms with E-state index < -0.39 is 17.4 Å². The van der Waals surface area contributed by atoms with Gasteiger partial charge in [0.1, 0.15) is 11.6 Å². The average Bonchev–Trinajstić information content (AvgIpc) is 2.77. The number of carbonyl (C=O) groups is 2. The Bertz CT molecular complexity index is 987. The van der Waals surface area contributed by atoms with Crippen LogP contribution in [0.1, 0.15) is 20.7 Å². The van der Waals surface area contributed by atoms with Crippen molar-refractivity contribution in [3.05, 3.63) is 47.6 Å². The third-order valence-corrected chi connectivity index (χ3v) is 5.10. The molecule has 10 heteroatoms. The predicted molar refractivity (Wildman–Crippen MR) is 95.2 cm³/mol. The summed E-state index contributed by atoms with van der Waals surface area (Å²) in [5, 5.41) is 2.29. The van der Waals surface area contributed by atoms with Gasteiger partial charge < -0.3 is 10.5 Å². The Balaban J connectivity index is 2.42. The highest BCUT2D eigenvalue weighted by Gasteiger charge is 2.33. The smallest absolute Gasteiger partial charge is 0.262 e. The molecule has 2 amide bonds. The van der Waals surface area contributed by atoms with E-state index in [0.717, 1.165) is 10.6 Å². The molecule has 2 aromatic rings. The molecular formula is C14H8Br2ClN3O4. The van der Waals surface area contributed by atoms with E-state index >= 15 is 0 Å². The topological polar surface area (TPSA) is 103 Å². The zero-order valence-electron chi connectivity index (χ0n) is 11.9. The SMILES string of the molecule is COc1c(Br)cc(Cl)c(-n2c(N)c3c(cc2=O)C(=O)NC3=O)c1Br. The predicted octanol–water partition coefficient (Wildman–Crippen LogP) is 2.49. The van der Waals surface area contributed by atoms with Crippen LogP contribution >= 0.6 is 43.5 Å². The molecule has 0 atom stereocenters. The van der Waals surface area contributed by atoms with Crippen molar-refractivity contribution >= 4 is 61.1 Å². The van der Waals surface area contributed by atoms with Crippen LogP contribution in [0.2, 0.25) is 5.02 Å². The number of nitrogens with one attached hydrogen (secondary N) is 1. The number of carbonyl (C=O) groups excluding carboxylic acids is 2. The molecule has 0 unspecified atom stereocenters. The van der Waals surface area contributed by atoms with Crippen molar-refractivity contribution in [1.29, 1.82) is 0 Å². The second kappa shape index (κ2) is 5.91. The number of rotatable bonds is 2. The van der Waals surface area contributed by atoms with E-state index in [2.05, 4.69) is 37.2 Å². The molecule has 1 aliphatic rings. The lowest BCUT2D eigenvalue weighted by molar-refractivity contribution is 0.0880. The molecule has 1 aromatic heterocycles. The van der Waals surface area contributed by atoms with E-state index in [4.69, 9.17) is 22.1 Å². The van der Waals surface area contributed by atoms with Gasteiger partial charge in [-0.25, -0.2) is 0 Å². The highest BCUT2D eigenvalue weighted by Crippen LogP contribution is 2.42. The minimum atomic E-state index is -0.669. The molecule has 1 aromatic carbocycles. The quantitative estimate of drug-likeness (QED) is 0.647. The number of anilines is 1. The largest absolute Gasteiger partial charge is 0.494 e. The first-order valence-corrected chi connectivity index (χ1v) is 8.37. The number of halogens is 3. The maximum absolute atomic E-state index is 12.5. The summed E-state index contributed by atoms with van der Waals surface area (Å²) in [7, 11) is 1.45. The Labute approximate surface area is 157 Å². The summed E-state index contributed by atoms with van der Waals surface area (Å²) >= 11 is 12.9. The van der Waals surface area contributed by atoms with E-state index in [1.165, 1.54) is 13.2 Å². The molecule has 3 N–H and O–H groups in total. The van der Waals surface area contributed by atoms with Crippen molar-refractivity contribution in [3.8, 4) is 11.4 Å². The van der Waals surface area contributed by atoms with Gasteiger partial charge in [0, 0.05) is 6.07 Å². The molecule has 124 valence electrons. The fourth-order valence-electron chi connectivity index (χ4n) is 2.46. The number of nitrogens with two attached hydrogens (primary N) is 1. The minimum absolute atomic E-state index is 0.0601. The Hall–Kier alpha value is -1.84. The number of amides is 2. The summed E-state index contributed by atoms with van der Waals surface area (Å²) in [6.45, 7) is 0. The number of nitrogen functional groups attached to an aromatic ring is 1. The summed E-state index contributed by atoms with van der Waals surface area (Å²) < 4.78 is 7.24. The van der Waals surface area contributed by atoms with Gasteiger partial charge in [-0.1, -0.05) is 11.6 Å². The van der Waals surface area contributed by atoms with E-state index in [9.17, 15) is 14.4 Å². The van der Waals surface area contributed by atoms with Crippen LogP contribution in [0.25, 0.3) is 5.69 Å². The van der Waals surface area contributed by atoms with Crippen LogP contribution in [0.15, 0.2) is 25.9 Å². The second-order valence-corrected chi connectivity index (χ2v) is 6.87. The van der Waals surface area contributed by atoms with Gasteiger partial charge in [-0.05, 0) is 37.9 Å². The standard InChI is InChI=1S/C14H8Br2ClN3O4/c1-24-11-5(15)3-6(17)10(9(11)16)20-7(21)2-4-8(12(20)18)14(23)19-13(4)22/h2-3H,18H2,1H3,(H,19,22,23). The molecule has 0 saturated heterocycles. The summed E-state index contributed by atoms with van der Waals surface area (Å²) in [5.41, 5.74) is 5.47. The number of hydrogen-bond acceptors (Lipinski definition) is 5. The summed E-state index contributed by atoms with van der Waals surface area (Å²) in [6, 6.07) is 2.58. The van der Waals surface area contributed by atoms with Crippen LogP contribution in [-0.4, -0.2) is 23.5 Å². The highest BCUT2D eigenvalue weighted by molar-refractivity contribution is 9.11. The molecule has 0 spiro atoms. The van der Waals surface area contributed by atoms with E-state index in [1.807, 2.05) is 0 Å². The van der Waals surface area contributed by atoms with Gasteiger partial charge in [0.05, 0.1) is 37.9 Å². The number of benzene rings is 1. The third-order valence-electron chi connectivity index (χ3n) is 3.48. The molecule has 0 saturated carbocycles. The normalized spacial score (nSPS) is 13.0. The van der Waals surface area contributed by atoms with E-state index in [0.29, 0.717) is 14.7 Å². The number of nitrogens with zero attached hydrogens (tertiary/aromatic N) is 1. The first kappa shape index (κ1) is 17.0. The van der Waals surface area contributed by atoms with Crippen molar-refractivity contribution in [3.63, 3.8) is 0 Å². The van der Waals surface area contributed by atoms with Crippen molar-refractivity contribution < 1.29 is 14.3 Å². The monoisotopic (exact) mass is 475 g/mol. The lowest BCUT2D eigenvalue weighted by Gasteiger charge is -2.17. The van der Waals surface area contributed by atoms with Gasteiger partial charge in [-0.2, -0.15) is 0 Å². The number of hydrogen-bond donors (Lipinski definition) is 2. The summed E-state index contributed by atoms with van der Waals surface area (Å²) in [5.74, 6) is -1.13. The van der Waals surface area contributed by atoms with E-state index in [1.54, 1.807) is 0 Å². The fourth-order valence-corrected chi connectivity index (χ4v) is 4.62. The van der Waals surface area contributed by atoms with Crippen molar-refractivity contribution in [2.75, 3.05) is 12.8 Å². The van der Waals surface area contributed by atoms with Crippen molar-refractivity contribution in [2.24, 2.45) is 0 Å². The molecule has 2 heterocycles. The number of aromatic nitrogens is 1. The Kier molecular flexibility index (Phi) is 4.18. The number of pyridine rings is 1.